The normalized spacial score (nSPS) is 12.1. The summed E-state index contributed by atoms with van der Waals surface area (Å²) in [5, 5.41) is 4.14. The number of H-pyrrole nitrogens is 2. The van der Waals surface area contributed by atoms with Crippen LogP contribution in [0.3, 0.4) is 0 Å². The quantitative estimate of drug-likeness (QED) is 0.395. The molecule has 4 aromatic rings. The molecule has 3 aromatic heterocycles. The van der Waals surface area contributed by atoms with E-state index in [1.165, 1.54) is 6.07 Å². The Morgan fingerprint density at radius 2 is 2.03 bits per heavy atom. The smallest absolute Gasteiger partial charge is 0.253 e. The van der Waals surface area contributed by atoms with Gasteiger partial charge in [0.05, 0.1) is 22.8 Å². The minimum atomic E-state index is -0.403. The van der Waals surface area contributed by atoms with Crippen molar-refractivity contribution in [3.63, 3.8) is 0 Å². The van der Waals surface area contributed by atoms with Crippen molar-refractivity contribution in [2.24, 2.45) is 0 Å². The molecule has 0 aliphatic heterocycles. The maximum absolute atomic E-state index is 13.3. The maximum atomic E-state index is 13.3. The summed E-state index contributed by atoms with van der Waals surface area (Å²) in [6.45, 7) is 4.04. The molecule has 1 amide bonds. The zero-order valence-electron chi connectivity index (χ0n) is 18.2. The minimum absolute atomic E-state index is 0.201. The van der Waals surface area contributed by atoms with E-state index in [2.05, 4.69) is 25.3 Å². The summed E-state index contributed by atoms with van der Waals surface area (Å²) in [6.07, 6.45) is 5.97. The molecule has 1 unspecified atom stereocenters. The van der Waals surface area contributed by atoms with Crippen molar-refractivity contribution in [2.75, 3.05) is 12.0 Å². The lowest BCUT2D eigenvalue weighted by Gasteiger charge is -2.19. The molecule has 3 heterocycles. The number of thioether (sulfide) groups is 1. The van der Waals surface area contributed by atoms with Crippen LogP contribution in [-0.4, -0.2) is 37.9 Å². The van der Waals surface area contributed by atoms with E-state index in [0.717, 1.165) is 27.9 Å². The van der Waals surface area contributed by atoms with Gasteiger partial charge in [-0.05, 0) is 56.0 Å². The minimum Gasteiger partial charge on any atom is -0.358 e. The fourth-order valence-electron chi connectivity index (χ4n) is 3.73. The van der Waals surface area contributed by atoms with E-state index in [-0.39, 0.29) is 11.5 Å². The van der Waals surface area contributed by atoms with E-state index in [0.29, 0.717) is 29.1 Å². The molecule has 164 valence electrons. The van der Waals surface area contributed by atoms with E-state index in [9.17, 15) is 9.59 Å². The maximum Gasteiger partial charge on any atom is 0.253 e. The summed E-state index contributed by atoms with van der Waals surface area (Å²) in [7, 11) is 0. The van der Waals surface area contributed by atoms with Crippen molar-refractivity contribution < 1.29 is 4.79 Å². The Morgan fingerprint density at radius 1 is 1.19 bits per heavy atom. The number of rotatable bonds is 7. The fourth-order valence-corrected chi connectivity index (χ4v) is 4.20. The largest absolute Gasteiger partial charge is 0.358 e. The third-order valence-electron chi connectivity index (χ3n) is 5.56. The van der Waals surface area contributed by atoms with E-state index in [4.69, 9.17) is 0 Å². The van der Waals surface area contributed by atoms with Crippen molar-refractivity contribution in [3.05, 3.63) is 81.7 Å². The number of aryl methyl sites for hydroxylation is 2. The van der Waals surface area contributed by atoms with Crippen LogP contribution >= 0.6 is 11.8 Å². The van der Waals surface area contributed by atoms with Crippen molar-refractivity contribution in [1.82, 2.24) is 25.3 Å². The van der Waals surface area contributed by atoms with Crippen molar-refractivity contribution >= 4 is 28.6 Å². The second-order valence-electron chi connectivity index (χ2n) is 7.67. The summed E-state index contributed by atoms with van der Waals surface area (Å²) in [6, 6.07) is 10.4. The van der Waals surface area contributed by atoms with Gasteiger partial charge < -0.3 is 15.3 Å². The number of fused-ring (bicyclic) bond motifs is 1. The molecule has 0 bridgehead atoms. The van der Waals surface area contributed by atoms with Crippen LogP contribution < -0.4 is 10.9 Å². The van der Waals surface area contributed by atoms with Gasteiger partial charge in [-0.15, -0.1) is 0 Å². The van der Waals surface area contributed by atoms with Crippen LogP contribution in [0.1, 0.15) is 39.8 Å². The van der Waals surface area contributed by atoms with Crippen LogP contribution in [0, 0.1) is 13.8 Å². The van der Waals surface area contributed by atoms with Crippen LogP contribution in [0.2, 0.25) is 0 Å². The molecule has 8 heteroatoms. The van der Waals surface area contributed by atoms with Gasteiger partial charge in [0.2, 0.25) is 0 Å². The number of amides is 1. The molecule has 0 saturated carbocycles. The highest BCUT2D eigenvalue weighted by atomic mass is 32.2. The van der Waals surface area contributed by atoms with Crippen LogP contribution in [0.4, 0.5) is 0 Å². The van der Waals surface area contributed by atoms with Crippen molar-refractivity contribution in [3.8, 4) is 11.4 Å². The van der Waals surface area contributed by atoms with E-state index >= 15 is 0 Å². The molecule has 32 heavy (non-hydrogen) atoms. The van der Waals surface area contributed by atoms with Gasteiger partial charge >= 0.3 is 0 Å². The first-order chi connectivity index (χ1) is 15.5. The zero-order valence-corrected chi connectivity index (χ0v) is 19.0. The highest BCUT2D eigenvalue weighted by Crippen LogP contribution is 2.25. The Balaban J connectivity index is 1.70. The van der Waals surface area contributed by atoms with Gasteiger partial charge in [-0.25, -0.2) is 4.98 Å². The van der Waals surface area contributed by atoms with Gasteiger partial charge in [-0.1, -0.05) is 12.1 Å². The Morgan fingerprint density at radius 3 is 2.78 bits per heavy atom. The van der Waals surface area contributed by atoms with E-state index in [1.54, 1.807) is 30.2 Å². The zero-order chi connectivity index (χ0) is 22.7. The van der Waals surface area contributed by atoms with Gasteiger partial charge in [-0.2, -0.15) is 11.8 Å². The Labute approximate surface area is 190 Å². The topological polar surface area (TPSA) is 104 Å². The van der Waals surface area contributed by atoms with Crippen molar-refractivity contribution in [2.45, 2.75) is 26.3 Å². The van der Waals surface area contributed by atoms with Gasteiger partial charge in [-0.3, -0.25) is 14.6 Å². The van der Waals surface area contributed by atoms with Crippen LogP contribution in [0.5, 0.6) is 0 Å². The monoisotopic (exact) mass is 447 g/mol. The second kappa shape index (κ2) is 9.40. The number of pyridine rings is 1. The van der Waals surface area contributed by atoms with Crippen LogP contribution in [-0.2, 0) is 0 Å². The third-order valence-corrected chi connectivity index (χ3v) is 6.20. The number of hydrogen-bond donors (Lipinski definition) is 3. The number of benzene rings is 1. The number of aromatic nitrogens is 4. The molecule has 1 atom stereocenters. The summed E-state index contributed by atoms with van der Waals surface area (Å²) >= 11 is 1.68. The SMILES string of the molecule is CSCCC(NC(=O)c1cccc2c(C)c(C)[nH]c12)c1cc(=O)[nH]c(-c2cccnc2)n1. The Bertz CT molecular complexity index is 1310. The van der Waals surface area contributed by atoms with Crippen LogP contribution in [0.25, 0.3) is 22.3 Å². The first kappa shape index (κ1) is 21.8. The molecule has 0 fully saturated rings. The molecule has 0 spiro atoms. The average molecular weight is 448 g/mol. The molecule has 4 rings (SSSR count). The number of carbonyl (C=O) groups excluding carboxylic acids is 1. The summed E-state index contributed by atoms with van der Waals surface area (Å²) < 4.78 is 0. The summed E-state index contributed by atoms with van der Waals surface area (Å²) in [4.78, 5) is 40.6. The first-order valence-corrected chi connectivity index (χ1v) is 11.8. The number of para-hydroxylation sites is 1. The lowest BCUT2D eigenvalue weighted by molar-refractivity contribution is 0.0936. The molecule has 7 nitrogen and oxygen atoms in total. The number of nitrogens with zero attached hydrogens (tertiary/aromatic N) is 2. The average Bonchev–Trinajstić information content (AvgIpc) is 3.10. The molecular formula is C24H25N5O2S. The number of aromatic amines is 2. The number of hydrogen-bond acceptors (Lipinski definition) is 5. The molecule has 0 aliphatic carbocycles. The second-order valence-corrected chi connectivity index (χ2v) is 8.66. The highest BCUT2D eigenvalue weighted by molar-refractivity contribution is 7.98. The van der Waals surface area contributed by atoms with Gasteiger partial charge in [0.25, 0.3) is 11.5 Å². The lowest BCUT2D eigenvalue weighted by Crippen LogP contribution is -2.31. The predicted octanol–water partition coefficient (Wildman–Crippen LogP) is 4.15. The highest BCUT2D eigenvalue weighted by Gasteiger charge is 2.21. The Kier molecular flexibility index (Phi) is 6.41. The van der Waals surface area contributed by atoms with E-state index < -0.39 is 6.04 Å². The first-order valence-electron chi connectivity index (χ1n) is 10.4. The fraction of sp³-hybridized carbons (Fsp3) is 0.250. The standard InChI is InChI=1S/C24H25N5O2S/c1-14-15(2)26-22-17(14)7-4-8-18(22)24(31)28-19(9-11-32-3)20-12-21(30)29-23(27-20)16-6-5-10-25-13-16/h4-8,10,12-13,19,26H,9,11H2,1-3H3,(H,28,31)(H,27,29,30). The summed E-state index contributed by atoms with van der Waals surface area (Å²) in [5.74, 6) is 1.04. The Hall–Kier alpha value is -3.39. The lowest BCUT2D eigenvalue weighted by atomic mass is 10.1. The third kappa shape index (κ3) is 4.45. The van der Waals surface area contributed by atoms with Gasteiger partial charge in [0.15, 0.2) is 0 Å². The predicted molar refractivity (Wildman–Crippen MR) is 129 cm³/mol. The summed E-state index contributed by atoms with van der Waals surface area (Å²) in [5.41, 5.74) is 4.53. The molecule has 3 N–H and O–H groups in total. The molecule has 0 saturated heterocycles. The number of nitrogens with one attached hydrogen (secondary N) is 3. The van der Waals surface area contributed by atoms with Gasteiger partial charge in [0.1, 0.15) is 5.82 Å². The van der Waals surface area contributed by atoms with E-state index in [1.807, 2.05) is 44.4 Å². The molecule has 0 radical (unpaired) electrons. The van der Waals surface area contributed by atoms with Crippen LogP contribution in [0.15, 0.2) is 53.6 Å². The van der Waals surface area contributed by atoms with Gasteiger partial charge in [0, 0.05) is 35.1 Å². The van der Waals surface area contributed by atoms with Crippen molar-refractivity contribution in [1.29, 1.82) is 0 Å². The number of carbonyl (C=O) groups is 1. The molecular weight excluding hydrogens is 422 g/mol. The molecule has 1 aromatic carbocycles. The molecule has 0 aliphatic rings.